The summed E-state index contributed by atoms with van der Waals surface area (Å²) in [5, 5.41) is 11.4. The van der Waals surface area contributed by atoms with Crippen molar-refractivity contribution in [2.45, 2.75) is 13.3 Å². The van der Waals surface area contributed by atoms with E-state index in [-0.39, 0.29) is 18.7 Å². The van der Waals surface area contributed by atoms with E-state index in [2.05, 4.69) is 10.3 Å². The van der Waals surface area contributed by atoms with E-state index < -0.39 is 5.97 Å². The zero-order chi connectivity index (χ0) is 15.2. The lowest BCUT2D eigenvalue weighted by atomic mass is 10.0. The van der Waals surface area contributed by atoms with Crippen molar-refractivity contribution in [3.63, 3.8) is 0 Å². The van der Waals surface area contributed by atoms with Crippen LogP contribution in [0.2, 0.25) is 0 Å². The van der Waals surface area contributed by atoms with Gasteiger partial charge in [-0.3, -0.25) is 9.59 Å². The average Bonchev–Trinajstić information content (AvgIpc) is 2.46. The van der Waals surface area contributed by atoms with Gasteiger partial charge in [-0.2, -0.15) is 0 Å². The normalized spacial score (nSPS) is 10.1. The Morgan fingerprint density at radius 2 is 1.86 bits per heavy atom. The lowest BCUT2D eigenvalue weighted by Gasteiger charge is -2.10. The number of ketones is 1. The first-order chi connectivity index (χ1) is 10.1. The molecule has 0 aliphatic carbocycles. The van der Waals surface area contributed by atoms with Gasteiger partial charge in [-0.1, -0.05) is 30.3 Å². The Bertz CT molecular complexity index is 654. The minimum Gasteiger partial charge on any atom is -0.480 e. The maximum atomic E-state index is 12.4. The van der Waals surface area contributed by atoms with E-state index in [1.54, 1.807) is 19.1 Å². The first-order valence-electron chi connectivity index (χ1n) is 6.56. The molecule has 1 aromatic carbocycles. The summed E-state index contributed by atoms with van der Waals surface area (Å²) >= 11 is 0. The summed E-state index contributed by atoms with van der Waals surface area (Å²) in [5.74, 6) is -0.778. The number of aryl methyl sites for hydroxylation is 1. The highest BCUT2D eigenvalue weighted by atomic mass is 16.4. The van der Waals surface area contributed by atoms with E-state index in [1.807, 2.05) is 30.3 Å². The number of carbonyl (C=O) groups is 2. The molecule has 0 atom stereocenters. The summed E-state index contributed by atoms with van der Waals surface area (Å²) in [6.07, 6.45) is 0.257. The molecule has 0 unspecified atom stereocenters. The highest BCUT2D eigenvalue weighted by Crippen LogP contribution is 2.16. The van der Waals surface area contributed by atoms with Crippen LogP contribution in [0.3, 0.4) is 0 Å². The maximum Gasteiger partial charge on any atom is 0.322 e. The monoisotopic (exact) mass is 284 g/mol. The number of anilines is 1. The fourth-order valence-corrected chi connectivity index (χ4v) is 1.95. The number of hydrogen-bond acceptors (Lipinski definition) is 4. The van der Waals surface area contributed by atoms with Crippen molar-refractivity contribution in [2.75, 3.05) is 11.9 Å². The molecule has 5 heteroatoms. The lowest BCUT2D eigenvalue weighted by molar-refractivity contribution is -0.134. The number of Topliss-reactive ketones (excluding diaryl/α,β-unsaturated/α-hetero) is 1. The molecule has 1 heterocycles. The second kappa shape index (κ2) is 6.65. The second-order valence-corrected chi connectivity index (χ2v) is 4.68. The van der Waals surface area contributed by atoms with Crippen molar-refractivity contribution in [1.29, 1.82) is 0 Å². The van der Waals surface area contributed by atoms with E-state index in [9.17, 15) is 9.59 Å². The number of aromatic nitrogens is 1. The van der Waals surface area contributed by atoms with E-state index in [0.717, 1.165) is 11.3 Å². The van der Waals surface area contributed by atoms with Gasteiger partial charge in [0.25, 0.3) is 0 Å². The Balaban J connectivity index is 2.21. The molecule has 5 nitrogen and oxygen atoms in total. The van der Waals surface area contributed by atoms with E-state index >= 15 is 0 Å². The number of rotatable bonds is 6. The number of carbonyl (C=O) groups excluding carboxylic acids is 1. The summed E-state index contributed by atoms with van der Waals surface area (Å²) < 4.78 is 0. The van der Waals surface area contributed by atoms with Crippen molar-refractivity contribution in [3.05, 3.63) is 59.3 Å². The van der Waals surface area contributed by atoms with Crippen LogP contribution in [0.4, 0.5) is 5.82 Å². The molecule has 108 valence electrons. The maximum absolute atomic E-state index is 12.4. The van der Waals surface area contributed by atoms with Crippen LogP contribution < -0.4 is 5.32 Å². The van der Waals surface area contributed by atoms with Gasteiger partial charge in [-0.05, 0) is 24.6 Å². The van der Waals surface area contributed by atoms with Crippen LogP contribution in [0.1, 0.15) is 21.6 Å². The van der Waals surface area contributed by atoms with Gasteiger partial charge in [0.2, 0.25) is 0 Å². The zero-order valence-corrected chi connectivity index (χ0v) is 11.7. The quantitative estimate of drug-likeness (QED) is 0.796. The van der Waals surface area contributed by atoms with Gasteiger partial charge in [0.15, 0.2) is 5.78 Å². The van der Waals surface area contributed by atoms with Gasteiger partial charge < -0.3 is 10.4 Å². The van der Waals surface area contributed by atoms with Crippen LogP contribution in [-0.2, 0) is 11.2 Å². The number of nitrogens with zero attached hydrogens (tertiary/aromatic N) is 1. The summed E-state index contributed by atoms with van der Waals surface area (Å²) in [7, 11) is 0. The molecule has 21 heavy (non-hydrogen) atoms. The molecular formula is C16H16N2O3. The van der Waals surface area contributed by atoms with E-state index in [4.69, 9.17) is 5.11 Å². The van der Waals surface area contributed by atoms with Gasteiger partial charge in [0.05, 0.1) is 5.56 Å². The Hall–Kier alpha value is -2.69. The summed E-state index contributed by atoms with van der Waals surface area (Å²) in [4.78, 5) is 27.2. The van der Waals surface area contributed by atoms with Crippen LogP contribution in [0.5, 0.6) is 0 Å². The molecule has 2 N–H and O–H groups in total. The number of benzene rings is 1. The van der Waals surface area contributed by atoms with Crippen molar-refractivity contribution >= 4 is 17.6 Å². The third-order valence-corrected chi connectivity index (χ3v) is 2.95. The highest BCUT2D eigenvalue weighted by Gasteiger charge is 2.14. The van der Waals surface area contributed by atoms with Gasteiger partial charge >= 0.3 is 5.97 Å². The van der Waals surface area contributed by atoms with E-state index in [0.29, 0.717) is 11.4 Å². The molecule has 1 aromatic heterocycles. The van der Waals surface area contributed by atoms with Crippen molar-refractivity contribution in [2.24, 2.45) is 0 Å². The summed E-state index contributed by atoms with van der Waals surface area (Å²) in [5.41, 5.74) is 2.04. The molecule has 0 aliphatic heterocycles. The predicted molar refractivity (Wildman–Crippen MR) is 79.6 cm³/mol. The van der Waals surface area contributed by atoms with Crippen LogP contribution in [0, 0.1) is 6.92 Å². The molecule has 0 amide bonds. The standard InChI is InChI=1S/C16H16N2O3/c1-11-7-8-13(16(18-11)17-10-15(20)21)14(19)9-12-5-3-2-4-6-12/h2-8H,9-10H2,1H3,(H,17,18)(H,20,21). The van der Waals surface area contributed by atoms with Gasteiger partial charge in [-0.25, -0.2) is 4.98 Å². The molecule has 0 saturated carbocycles. The fourth-order valence-electron chi connectivity index (χ4n) is 1.95. The third-order valence-electron chi connectivity index (χ3n) is 2.95. The first-order valence-corrected chi connectivity index (χ1v) is 6.56. The van der Waals surface area contributed by atoms with E-state index in [1.165, 1.54) is 0 Å². The Kier molecular flexibility index (Phi) is 4.66. The Morgan fingerprint density at radius 3 is 2.52 bits per heavy atom. The molecule has 0 saturated heterocycles. The molecule has 0 spiro atoms. The number of carboxylic acids is 1. The smallest absolute Gasteiger partial charge is 0.322 e. The highest BCUT2D eigenvalue weighted by molar-refractivity contribution is 6.01. The molecule has 0 bridgehead atoms. The van der Waals surface area contributed by atoms with Crippen LogP contribution in [0.25, 0.3) is 0 Å². The Labute approximate surface area is 122 Å². The van der Waals surface area contributed by atoms with Gasteiger partial charge in [0, 0.05) is 12.1 Å². The SMILES string of the molecule is Cc1ccc(C(=O)Cc2ccccc2)c(NCC(=O)O)n1. The summed E-state index contributed by atoms with van der Waals surface area (Å²) in [6.45, 7) is 1.51. The molecule has 0 radical (unpaired) electrons. The van der Waals surface area contributed by atoms with Gasteiger partial charge in [-0.15, -0.1) is 0 Å². The van der Waals surface area contributed by atoms with Crippen LogP contribution in [0.15, 0.2) is 42.5 Å². The molecule has 0 aliphatic rings. The minimum absolute atomic E-state index is 0.0958. The molecular weight excluding hydrogens is 268 g/mol. The van der Waals surface area contributed by atoms with Crippen molar-refractivity contribution in [1.82, 2.24) is 4.98 Å². The topological polar surface area (TPSA) is 79.3 Å². The Morgan fingerprint density at radius 1 is 1.14 bits per heavy atom. The first kappa shape index (κ1) is 14.7. The lowest BCUT2D eigenvalue weighted by Crippen LogP contribution is -2.17. The minimum atomic E-state index is -1.00. The van der Waals surface area contributed by atoms with Crippen LogP contribution in [-0.4, -0.2) is 28.4 Å². The number of aliphatic carboxylic acids is 1. The molecule has 0 fully saturated rings. The number of hydrogen-bond donors (Lipinski definition) is 2. The predicted octanol–water partition coefficient (Wildman–Crippen LogP) is 2.31. The van der Waals surface area contributed by atoms with Gasteiger partial charge in [0.1, 0.15) is 12.4 Å². The summed E-state index contributed by atoms with van der Waals surface area (Å²) in [6, 6.07) is 12.8. The number of carboxylic acid groups (broad SMARTS) is 1. The second-order valence-electron chi connectivity index (χ2n) is 4.68. The van der Waals surface area contributed by atoms with Crippen LogP contribution >= 0.6 is 0 Å². The zero-order valence-electron chi connectivity index (χ0n) is 11.7. The number of pyridine rings is 1. The van der Waals surface area contributed by atoms with Crippen molar-refractivity contribution < 1.29 is 14.7 Å². The molecule has 2 aromatic rings. The largest absolute Gasteiger partial charge is 0.480 e. The number of nitrogens with one attached hydrogen (secondary N) is 1. The van der Waals surface area contributed by atoms with Crippen molar-refractivity contribution in [3.8, 4) is 0 Å². The third kappa shape index (κ3) is 4.14. The average molecular weight is 284 g/mol. The fraction of sp³-hybridized carbons (Fsp3) is 0.188. The molecule has 2 rings (SSSR count).